The lowest BCUT2D eigenvalue weighted by molar-refractivity contribution is 0.601. The van der Waals surface area contributed by atoms with Crippen LogP contribution in [0, 0.1) is 11.8 Å². The van der Waals surface area contributed by atoms with Crippen molar-refractivity contribution in [3.63, 3.8) is 0 Å². The van der Waals surface area contributed by atoms with Gasteiger partial charge in [-0.25, -0.2) is 13.4 Å². The number of anilines is 1. The summed E-state index contributed by atoms with van der Waals surface area (Å²) in [5.74, 6) is 5.43. The van der Waals surface area contributed by atoms with Gasteiger partial charge in [0.2, 0.25) is 0 Å². The largest absolute Gasteiger partial charge is 0.320 e. The topological polar surface area (TPSA) is 85.1 Å². The van der Waals surface area contributed by atoms with Gasteiger partial charge in [0.05, 0.1) is 22.6 Å². The standard InChI is InChI=1S/C12H9Cl2N3O2S2/c13-8-3-4-10(14)11(6-8)21(18,19)17-12-16-7-9(20-12)2-1-5-15/h3-4,6-7H,5,15H2,(H,16,17). The number of rotatable bonds is 3. The molecule has 2 aromatic rings. The minimum atomic E-state index is -3.87. The van der Waals surface area contributed by atoms with Gasteiger partial charge in [-0.15, -0.1) is 0 Å². The van der Waals surface area contributed by atoms with E-state index in [-0.39, 0.29) is 26.6 Å². The summed E-state index contributed by atoms with van der Waals surface area (Å²) in [7, 11) is -3.87. The van der Waals surface area contributed by atoms with Crippen molar-refractivity contribution in [3.05, 3.63) is 39.3 Å². The molecule has 0 spiro atoms. The van der Waals surface area contributed by atoms with E-state index in [1.165, 1.54) is 24.4 Å². The molecule has 0 fully saturated rings. The predicted molar refractivity (Wildman–Crippen MR) is 85.3 cm³/mol. The van der Waals surface area contributed by atoms with Crippen LogP contribution in [0.2, 0.25) is 10.0 Å². The Kier molecular flexibility index (Phi) is 5.08. The van der Waals surface area contributed by atoms with Crippen molar-refractivity contribution >= 4 is 49.7 Å². The number of nitrogens with one attached hydrogen (secondary N) is 1. The van der Waals surface area contributed by atoms with Crippen LogP contribution >= 0.6 is 34.5 Å². The third-order valence-electron chi connectivity index (χ3n) is 2.22. The normalized spacial score (nSPS) is 10.8. The number of hydrogen-bond donors (Lipinski definition) is 2. The molecule has 0 aliphatic rings. The van der Waals surface area contributed by atoms with Gasteiger partial charge in [-0.1, -0.05) is 46.4 Å². The maximum atomic E-state index is 12.3. The van der Waals surface area contributed by atoms with Gasteiger partial charge in [-0.3, -0.25) is 4.72 Å². The van der Waals surface area contributed by atoms with Gasteiger partial charge >= 0.3 is 0 Å². The number of halogens is 2. The van der Waals surface area contributed by atoms with E-state index in [0.29, 0.717) is 4.88 Å². The van der Waals surface area contributed by atoms with Crippen molar-refractivity contribution < 1.29 is 8.42 Å². The first-order valence-corrected chi connectivity index (χ1v) is 8.60. The molecule has 0 bridgehead atoms. The van der Waals surface area contributed by atoms with E-state index in [2.05, 4.69) is 21.5 Å². The van der Waals surface area contributed by atoms with E-state index in [4.69, 9.17) is 28.9 Å². The predicted octanol–water partition coefficient (Wildman–Crippen LogP) is 2.56. The number of nitrogens with zero attached hydrogens (tertiary/aromatic N) is 1. The fourth-order valence-corrected chi connectivity index (χ4v) is 4.07. The summed E-state index contributed by atoms with van der Waals surface area (Å²) >= 11 is 12.8. The second kappa shape index (κ2) is 6.64. The number of aromatic nitrogens is 1. The molecular formula is C12H9Cl2N3O2S2. The lowest BCUT2D eigenvalue weighted by Gasteiger charge is -2.07. The molecule has 0 atom stereocenters. The van der Waals surface area contributed by atoms with E-state index in [9.17, 15) is 8.42 Å². The molecule has 0 aliphatic heterocycles. The molecule has 1 aromatic carbocycles. The monoisotopic (exact) mass is 361 g/mol. The molecular weight excluding hydrogens is 353 g/mol. The summed E-state index contributed by atoms with van der Waals surface area (Å²) in [6.07, 6.45) is 1.46. The average Bonchev–Trinajstić information content (AvgIpc) is 2.86. The second-order valence-electron chi connectivity index (χ2n) is 3.72. The van der Waals surface area contributed by atoms with Crippen molar-refractivity contribution in [1.29, 1.82) is 0 Å². The lowest BCUT2D eigenvalue weighted by Crippen LogP contribution is -2.13. The molecule has 0 unspecified atom stereocenters. The summed E-state index contributed by atoms with van der Waals surface area (Å²) in [6.45, 7) is 0.219. The highest BCUT2D eigenvalue weighted by atomic mass is 35.5. The van der Waals surface area contributed by atoms with Crippen LogP contribution in [0.4, 0.5) is 5.13 Å². The van der Waals surface area contributed by atoms with Crippen LogP contribution in [0.5, 0.6) is 0 Å². The SMILES string of the molecule is NCC#Cc1cnc(NS(=O)(=O)c2cc(Cl)ccc2Cl)s1. The molecule has 0 amide bonds. The third-order valence-corrected chi connectivity index (χ3v) is 5.24. The number of thiazole rings is 1. The van der Waals surface area contributed by atoms with Crippen LogP contribution in [0.25, 0.3) is 0 Å². The summed E-state index contributed by atoms with van der Waals surface area (Å²) in [4.78, 5) is 4.44. The van der Waals surface area contributed by atoms with Crippen LogP contribution in [0.1, 0.15) is 4.88 Å². The maximum absolute atomic E-state index is 12.3. The van der Waals surface area contributed by atoms with Gasteiger partial charge in [0, 0.05) is 5.02 Å². The Morgan fingerprint density at radius 3 is 2.86 bits per heavy atom. The number of hydrogen-bond acceptors (Lipinski definition) is 5. The first-order chi connectivity index (χ1) is 9.92. The van der Waals surface area contributed by atoms with Crippen LogP contribution in [0.3, 0.4) is 0 Å². The van der Waals surface area contributed by atoms with E-state index < -0.39 is 10.0 Å². The molecule has 2 rings (SSSR count). The molecule has 0 saturated heterocycles. The first-order valence-electron chi connectivity index (χ1n) is 5.55. The molecule has 3 N–H and O–H groups in total. The fourth-order valence-electron chi connectivity index (χ4n) is 1.37. The molecule has 1 aromatic heterocycles. The first kappa shape index (κ1) is 16.1. The quantitative estimate of drug-likeness (QED) is 0.822. The Labute approximate surface area is 136 Å². The zero-order valence-electron chi connectivity index (χ0n) is 10.4. The highest BCUT2D eigenvalue weighted by Crippen LogP contribution is 2.28. The minimum Gasteiger partial charge on any atom is -0.320 e. The van der Waals surface area contributed by atoms with E-state index in [1.54, 1.807) is 0 Å². The van der Waals surface area contributed by atoms with E-state index in [1.807, 2.05) is 0 Å². The molecule has 110 valence electrons. The van der Waals surface area contributed by atoms with Gasteiger partial charge in [-0.2, -0.15) is 0 Å². The summed E-state index contributed by atoms with van der Waals surface area (Å²) < 4.78 is 26.8. The minimum absolute atomic E-state index is 0.0756. The molecule has 5 nitrogen and oxygen atoms in total. The van der Waals surface area contributed by atoms with E-state index in [0.717, 1.165) is 11.3 Å². The highest BCUT2D eigenvalue weighted by molar-refractivity contribution is 7.93. The van der Waals surface area contributed by atoms with Crippen LogP contribution < -0.4 is 10.5 Å². The molecule has 0 aliphatic carbocycles. The van der Waals surface area contributed by atoms with Crippen molar-refractivity contribution in [2.75, 3.05) is 11.3 Å². The Hall–Kier alpha value is -1.30. The van der Waals surface area contributed by atoms with Crippen LogP contribution in [-0.2, 0) is 10.0 Å². The van der Waals surface area contributed by atoms with Gasteiger partial charge in [0.25, 0.3) is 10.0 Å². The van der Waals surface area contributed by atoms with Crippen LogP contribution in [-0.4, -0.2) is 19.9 Å². The number of nitrogens with two attached hydrogens (primary N) is 1. The molecule has 21 heavy (non-hydrogen) atoms. The zero-order chi connectivity index (χ0) is 15.5. The van der Waals surface area contributed by atoms with E-state index >= 15 is 0 Å². The number of benzene rings is 1. The smallest absolute Gasteiger partial charge is 0.265 e. The van der Waals surface area contributed by atoms with Gasteiger partial charge in [0.1, 0.15) is 4.90 Å². The second-order valence-corrected chi connectivity index (χ2v) is 7.24. The van der Waals surface area contributed by atoms with Crippen molar-refractivity contribution in [2.24, 2.45) is 5.73 Å². The lowest BCUT2D eigenvalue weighted by atomic mass is 10.4. The van der Waals surface area contributed by atoms with Crippen molar-refractivity contribution in [2.45, 2.75) is 4.90 Å². The summed E-state index contributed by atoms with van der Waals surface area (Å²) in [6, 6.07) is 4.19. The highest BCUT2D eigenvalue weighted by Gasteiger charge is 2.20. The molecule has 0 saturated carbocycles. The molecule has 1 heterocycles. The maximum Gasteiger partial charge on any atom is 0.265 e. The van der Waals surface area contributed by atoms with Gasteiger partial charge in [0.15, 0.2) is 5.13 Å². The summed E-state index contributed by atoms with van der Waals surface area (Å²) in [5, 5.41) is 0.535. The Balaban J connectivity index is 2.29. The third kappa shape index (κ3) is 4.09. The van der Waals surface area contributed by atoms with Gasteiger partial charge < -0.3 is 5.73 Å². The average molecular weight is 362 g/mol. The zero-order valence-corrected chi connectivity index (χ0v) is 13.6. The fraction of sp³-hybridized carbons (Fsp3) is 0.0833. The molecule has 9 heteroatoms. The Morgan fingerprint density at radius 2 is 2.14 bits per heavy atom. The molecule has 0 radical (unpaired) electrons. The van der Waals surface area contributed by atoms with Crippen LogP contribution in [0.15, 0.2) is 29.3 Å². The number of sulfonamides is 1. The van der Waals surface area contributed by atoms with Gasteiger partial charge in [-0.05, 0) is 18.2 Å². The summed E-state index contributed by atoms with van der Waals surface area (Å²) in [5.41, 5.74) is 5.26. The Morgan fingerprint density at radius 1 is 1.38 bits per heavy atom. The van der Waals surface area contributed by atoms with Crippen molar-refractivity contribution in [1.82, 2.24) is 4.98 Å². The van der Waals surface area contributed by atoms with Crippen molar-refractivity contribution in [3.8, 4) is 11.8 Å². The Bertz CT molecular complexity index is 823.